The molecule has 0 saturated heterocycles. The van der Waals surface area contributed by atoms with Gasteiger partial charge in [-0.05, 0) is 25.0 Å². The molecule has 1 aromatic heterocycles. The zero-order valence-corrected chi connectivity index (χ0v) is 11.0. The van der Waals surface area contributed by atoms with Gasteiger partial charge in [0.15, 0.2) is 5.58 Å². The molecule has 0 aliphatic rings. The van der Waals surface area contributed by atoms with E-state index in [1.807, 2.05) is 26.0 Å². The van der Waals surface area contributed by atoms with Crippen molar-refractivity contribution < 1.29 is 14.0 Å². The van der Waals surface area contributed by atoms with Crippen molar-refractivity contribution in [1.82, 2.24) is 10.3 Å². The van der Waals surface area contributed by atoms with E-state index < -0.39 is 5.54 Å². The molecule has 0 spiro atoms. The molecule has 1 N–H and O–H groups in total. The van der Waals surface area contributed by atoms with Gasteiger partial charge >= 0.3 is 0 Å². The Hall–Kier alpha value is -2.17. The van der Waals surface area contributed by atoms with Crippen LogP contribution in [0.5, 0.6) is 0 Å². The van der Waals surface area contributed by atoms with Crippen molar-refractivity contribution in [3.05, 3.63) is 30.2 Å². The van der Waals surface area contributed by atoms with Crippen LogP contribution in [0.1, 0.15) is 37.4 Å². The largest absolute Gasteiger partial charge is 0.434 e. The Bertz CT molecular complexity index is 567. The number of amides is 1. The van der Waals surface area contributed by atoms with Crippen LogP contribution in [0.4, 0.5) is 0 Å². The second kappa shape index (κ2) is 5.22. The number of fused-ring (bicyclic) bond motifs is 1. The Morgan fingerprint density at radius 2 is 2.05 bits per heavy atom. The third kappa shape index (κ3) is 2.23. The van der Waals surface area contributed by atoms with Crippen molar-refractivity contribution in [2.24, 2.45) is 0 Å². The number of ketones is 1. The Morgan fingerprint density at radius 1 is 1.37 bits per heavy atom. The van der Waals surface area contributed by atoms with Crippen molar-refractivity contribution in [3.63, 3.8) is 0 Å². The van der Waals surface area contributed by atoms with E-state index in [4.69, 9.17) is 4.42 Å². The first-order chi connectivity index (χ1) is 9.16. The lowest BCUT2D eigenvalue weighted by Crippen LogP contribution is -2.50. The summed E-state index contributed by atoms with van der Waals surface area (Å²) >= 11 is 0. The number of oxazole rings is 1. The molecule has 1 aromatic carbocycles. The number of Topliss-reactive ketones (excluding diaryl/α,β-unsaturated/α-hetero) is 1. The number of rotatable bonds is 6. The van der Waals surface area contributed by atoms with Gasteiger partial charge in [0.2, 0.25) is 12.2 Å². The summed E-state index contributed by atoms with van der Waals surface area (Å²) in [6, 6.07) is 7.18. The van der Waals surface area contributed by atoms with Gasteiger partial charge in [-0.1, -0.05) is 26.0 Å². The lowest BCUT2D eigenvalue weighted by atomic mass is 9.88. The third-order valence-corrected chi connectivity index (χ3v) is 3.47. The number of carbonyl (C=O) groups is 2. The maximum Gasteiger partial charge on any atom is 0.266 e. The summed E-state index contributed by atoms with van der Waals surface area (Å²) in [6.07, 6.45) is 1.52. The van der Waals surface area contributed by atoms with E-state index in [1.165, 1.54) is 0 Å². The average Bonchev–Trinajstić information content (AvgIpc) is 2.88. The molecule has 0 saturated carbocycles. The van der Waals surface area contributed by atoms with Crippen LogP contribution in [-0.2, 0) is 4.79 Å². The highest BCUT2D eigenvalue weighted by molar-refractivity contribution is 6.02. The van der Waals surface area contributed by atoms with E-state index in [1.54, 1.807) is 12.1 Å². The predicted octanol–water partition coefficient (Wildman–Crippen LogP) is 2.32. The molecule has 0 radical (unpaired) electrons. The quantitative estimate of drug-likeness (QED) is 0.639. The lowest BCUT2D eigenvalue weighted by molar-refractivity contribution is -0.111. The smallest absolute Gasteiger partial charge is 0.266 e. The van der Waals surface area contributed by atoms with Crippen molar-refractivity contribution in [2.45, 2.75) is 32.2 Å². The fourth-order valence-corrected chi connectivity index (χ4v) is 2.13. The van der Waals surface area contributed by atoms with Crippen molar-refractivity contribution in [2.75, 3.05) is 0 Å². The number of nitrogens with one attached hydrogen (secondary N) is 1. The number of carbonyl (C=O) groups excluding carboxylic acids is 2. The van der Waals surface area contributed by atoms with E-state index in [2.05, 4.69) is 10.3 Å². The molecule has 1 heterocycles. The van der Waals surface area contributed by atoms with Crippen LogP contribution in [0.15, 0.2) is 28.7 Å². The minimum Gasteiger partial charge on any atom is -0.434 e. The monoisotopic (exact) mass is 260 g/mol. The Morgan fingerprint density at radius 3 is 2.63 bits per heavy atom. The molecule has 5 heteroatoms. The first kappa shape index (κ1) is 13.3. The molecule has 19 heavy (non-hydrogen) atoms. The van der Waals surface area contributed by atoms with Gasteiger partial charge in [0, 0.05) is 0 Å². The highest BCUT2D eigenvalue weighted by atomic mass is 16.4. The van der Waals surface area contributed by atoms with Crippen molar-refractivity contribution >= 4 is 23.3 Å². The van der Waals surface area contributed by atoms with Gasteiger partial charge in [0.05, 0.1) is 0 Å². The highest BCUT2D eigenvalue weighted by Gasteiger charge is 2.38. The summed E-state index contributed by atoms with van der Waals surface area (Å²) < 4.78 is 5.47. The standard InChI is InChI=1S/C14H16N2O3/c1-3-14(4-2,15-9-17)12(18)13-16-10-7-5-6-8-11(10)19-13/h5-9H,3-4H2,1-2H3,(H,15,17). The third-order valence-electron chi connectivity index (χ3n) is 3.47. The number of para-hydroxylation sites is 2. The maximum atomic E-state index is 12.5. The van der Waals surface area contributed by atoms with Crippen LogP contribution < -0.4 is 5.32 Å². The average molecular weight is 260 g/mol. The van der Waals surface area contributed by atoms with Crippen LogP contribution >= 0.6 is 0 Å². The van der Waals surface area contributed by atoms with E-state index in [-0.39, 0.29) is 11.7 Å². The van der Waals surface area contributed by atoms with E-state index in [0.29, 0.717) is 30.4 Å². The normalized spacial score (nSPS) is 11.5. The number of nitrogens with zero attached hydrogens (tertiary/aromatic N) is 1. The van der Waals surface area contributed by atoms with Crippen LogP contribution in [0.25, 0.3) is 11.1 Å². The summed E-state index contributed by atoms with van der Waals surface area (Å²) in [5.41, 5.74) is 0.263. The van der Waals surface area contributed by atoms with Crippen LogP contribution in [0, 0.1) is 0 Å². The molecule has 0 bridgehead atoms. The van der Waals surface area contributed by atoms with Gasteiger partial charge < -0.3 is 9.73 Å². The fourth-order valence-electron chi connectivity index (χ4n) is 2.13. The molecule has 1 amide bonds. The van der Waals surface area contributed by atoms with Gasteiger partial charge in [-0.25, -0.2) is 4.98 Å². The molecule has 0 aliphatic carbocycles. The molecular formula is C14H16N2O3. The Kier molecular flexibility index (Phi) is 3.64. The molecule has 5 nitrogen and oxygen atoms in total. The van der Waals surface area contributed by atoms with Crippen molar-refractivity contribution in [3.8, 4) is 0 Å². The summed E-state index contributed by atoms with van der Waals surface area (Å²) in [7, 11) is 0. The molecule has 100 valence electrons. The van der Waals surface area contributed by atoms with Crippen LogP contribution in [0.2, 0.25) is 0 Å². The minimum atomic E-state index is -0.942. The maximum absolute atomic E-state index is 12.5. The zero-order valence-electron chi connectivity index (χ0n) is 11.0. The first-order valence-electron chi connectivity index (χ1n) is 6.28. The lowest BCUT2D eigenvalue weighted by Gasteiger charge is -2.27. The summed E-state index contributed by atoms with van der Waals surface area (Å²) in [4.78, 5) is 27.4. The Labute approximate surface area is 111 Å². The highest BCUT2D eigenvalue weighted by Crippen LogP contribution is 2.23. The molecule has 0 aliphatic heterocycles. The van der Waals surface area contributed by atoms with E-state index in [0.717, 1.165) is 0 Å². The van der Waals surface area contributed by atoms with Gasteiger partial charge in [-0.3, -0.25) is 9.59 Å². The van der Waals surface area contributed by atoms with Crippen LogP contribution in [-0.4, -0.2) is 22.7 Å². The van der Waals surface area contributed by atoms with E-state index in [9.17, 15) is 9.59 Å². The summed E-state index contributed by atoms with van der Waals surface area (Å²) in [5, 5.41) is 2.61. The molecule has 0 atom stereocenters. The molecular weight excluding hydrogens is 244 g/mol. The molecule has 2 rings (SSSR count). The van der Waals surface area contributed by atoms with E-state index >= 15 is 0 Å². The van der Waals surface area contributed by atoms with Crippen molar-refractivity contribution in [1.29, 1.82) is 0 Å². The number of aromatic nitrogens is 1. The van der Waals surface area contributed by atoms with Gasteiger partial charge in [0.1, 0.15) is 11.1 Å². The van der Waals surface area contributed by atoms with Crippen LogP contribution in [0.3, 0.4) is 0 Å². The second-order valence-electron chi connectivity index (χ2n) is 4.37. The molecule has 0 fully saturated rings. The fraction of sp³-hybridized carbons (Fsp3) is 0.357. The Balaban J connectivity index is 2.43. The summed E-state index contributed by atoms with van der Waals surface area (Å²) in [6.45, 7) is 3.70. The number of hydrogen-bond acceptors (Lipinski definition) is 4. The van der Waals surface area contributed by atoms with Gasteiger partial charge in [-0.15, -0.1) is 0 Å². The SMILES string of the molecule is CCC(CC)(NC=O)C(=O)c1nc2ccccc2o1. The number of benzene rings is 1. The molecule has 0 unspecified atom stereocenters. The van der Waals surface area contributed by atoms with Gasteiger partial charge in [-0.2, -0.15) is 0 Å². The van der Waals surface area contributed by atoms with Gasteiger partial charge in [0.25, 0.3) is 5.89 Å². The minimum absolute atomic E-state index is 0.0410. The predicted molar refractivity (Wildman–Crippen MR) is 70.9 cm³/mol. The first-order valence-corrected chi connectivity index (χ1v) is 6.28. The second-order valence-corrected chi connectivity index (χ2v) is 4.37. The topological polar surface area (TPSA) is 72.2 Å². The zero-order chi connectivity index (χ0) is 13.9. The molecule has 2 aromatic rings. The number of hydrogen-bond donors (Lipinski definition) is 1. The summed E-state index contributed by atoms with van der Waals surface area (Å²) in [5.74, 6) is -0.250.